The van der Waals surface area contributed by atoms with Crippen LogP contribution < -0.4 is 10.6 Å². The number of anilines is 1. The lowest BCUT2D eigenvalue weighted by Crippen LogP contribution is -2.34. The number of rotatable bonds is 4. The molecule has 0 saturated heterocycles. The van der Waals surface area contributed by atoms with Gasteiger partial charge in [-0.1, -0.05) is 23.7 Å². The summed E-state index contributed by atoms with van der Waals surface area (Å²) < 4.78 is 36.6. The van der Waals surface area contributed by atoms with Crippen molar-refractivity contribution in [3.05, 3.63) is 58.9 Å². The van der Waals surface area contributed by atoms with Crippen molar-refractivity contribution >= 4 is 29.1 Å². The van der Waals surface area contributed by atoms with E-state index >= 15 is 0 Å². The fourth-order valence-electron chi connectivity index (χ4n) is 1.77. The standard InChI is InChI=1S/C15H11ClF3N3O2/c16-12-6-5-9(7-20-12)13(23)22-11-4-2-1-3-10(11)14(24)21-8-15(17,18)19/h1-7H,8H2,(H,21,24)(H,22,23). The zero-order valence-electron chi connectivity index (χ0n) is 12.0. The van der Waals surface area contributed by atoms with Crippen molar-refractivity contribution < 1.29 is 22.8 Å². The molecule has 0 saturated carbocycles. The predicted octanol–water partition coefficient (Wildman–Crippen LogP) is 3.28. The topological polar surface area (TPSA) is 71.1 Å². The number of benzene rings is 1. The molecular weight excluding hydrogens is 347 g/mol. The molecule has 0 atom stereocenters. The molecule has 2 N–H and O–H groups in total. The summed E-state index contributed by atoms with van der Waals surface area (Å²) in [5, 5.41) is 4.42. The Morgan fingerprint density at radius 3 is 2.42 bits per heavy atom. The van der Waals surface area contributed by atoms with E-state index in [9.17, 15) is 22.8 Å². The summed E-state index contributed by atoms with van der Waals surface area (Å²) >= 11 is 5.63. The van der Waals surface area contributed by atoms with Crippen molar-refractivity contribution in [1.29, 1.82) is 0 Å². The van der Waals surface area contributed by atoms with Crippen LogP contribution >= 0.6 is 11.6 Å². The van der Waals surface area contributed by atoms with Crippen LogP contribution in [0.2, 0.25) is 5.15 Å². The highest BCUT2D eigenvalue weighted by molar-refractivity contribution is 6.29. The van der Waals surface area contributed by atoms with Gasteiger partial charge in [0.05, 0.1) is 16.8 Å². The summed E-state index contributed by atoms with van der Waals surface area (Å²) in [5.41, 5.74) is 0.180. The normalized spacial score (nSPS) is 11.0. The average Bonchev–Trinajstić information content (AvgIpc) is 2.53. The fourth-order valence-corrected chi connectivity index (χ4v) is 1.88. The molecule has 0 unspecified atom stereocenters. The highest BCUT2D eigenvalue weighted by Gasteiger charge is 2.28. The zero-order valence-corrected chi connectivity index (χ0v) is 12.8. The second kappa shape index (κ2) is 7.31. The van der Waals surface area contributed by atoms with E-state index < -0.39 is 24.5 Å². The molecule has 2 rings (SSSR count). The van der Waals surface area contributed by atoms with Crippen LogP contribution in [0.4, 0.5) is 18.9 Å². The van der Waals surface area contributed by atoms with Gasteiger partial charge >= 0.3 is 6.18 Å². The molecule has 0 aliphatic carbocycles. The maximum absolute atomic E-state index is 12.2. The van der Waals surface area contributed by atoms with Crippen molar-refractivity contribution in [2.45, 2.75) is 6.18 Å². The van der Waals surface area contributed by atoms with E-state index in [1.54, 1.807) is 5.32 Å². The summed E-state index contributed by atoms with van der Waals surface area (Å²) in [6.07, 6.45) is -3.28. The maximum Gasteiger partial charge on any atom is 0.405 e. The van der Waals surface area contributed by atoms with Gasteiger partial charge < -0.3 is 10.6 Å². The van der Waals surface area contributed by atoms with Gasteiger partial charge in [-0.15, -0.1) is 0 Å². The molecule has 1 aromatic heterocycles. The van der Waals surface area contributed by atoms with E-state index in [0.717, 1.165) is 0 Å². The number of pyridine rings is 1. The Hall–Kier alpha value is -2.61. The van der Waals surface area contributed by atoms with Gasteiger partial charge in [0.1, 0.15) is 11.7 Å². The first-order chi connectivity index (χ1) is 11.3. The first kappa shape index (κ1) is 17.7. The molecule has 9 heteroatoms. The Bertz CT molecular complexity index is 748. The van der Waals surface area contributed by atoms with Crippen LogP contribution in [0.25, 0.3) is 0 Å². The first-order valence-electron chi connectivity index (χ1n) is 6.63. The number of amides is 2. The molecule has 0 aliphatic heterocycles. The summed E-state index contributed by atoms with van der Waals surface area (Å²) in [6.45, 7) is -1.46. The van der Waals surface area contributed by atoms with Crippen molar-refractivity contribution in [2.24, 2.45) is 0 Å². The van der Waals surface area contributed by atoms with Crippen LogP contribution in [-0.2, 0) is 0 Å². The Balaban J connectivity index is 2.15. The molecule has 0 spiro atoms. The third-order valence-corrected chi connectivity index (χ3v) is 3.08. The van der Waals surface area contributed by atoms with E-state index in [4.69, 9.17) is 11.6 Å². The van der Waals surface area contributed by atoms with Crippen LogP contribution in [0.1, 0.15) is 20.7 Å². The van der Waals surface area contributed by atoms with Gasteiger partial charge in [-0.3, -0.25) is 9.59 Å². The van der Waals surface area contributed by atoms with Crippen molar-refractivity contribution in [3.63, 3.8) is 0 Å². The molecule has 126 valence electrons. The molecule has 24 heavy (non-hydrogen) atoms. The smallest absolute Gasteiger partial charge is 0.343 e. The second-order valence-corrected chi connectivity index (χ2v) is 5.05. The lowest BCUT2D eigenvalue weighted by atomic mass is 10.1. The third kappa shape index (κ3) is 4.95. The van der Waals surface area contributed by atoms with E-state index in [1.165, 1.54) is 42.6 Å². The van der Waals surface area contributed by atoms with Gasteiger partial charge in [-0.25, -0.2) is 4.98 Å². The fraction of sp³-hybridized carbons (Fsp3) is 0.133. The van der Waals surface area contributed by atoms with Crippen LogP contribution in [0.15, 0.2) is 42.6 Å². The van der Waals surface area contributed by atoms with Gasteiger partial charge in [0.2, 0.25) is 0 Å². The molecule has 0 fully saturated rings. The molecule has 2 aromatic rings. The number of halogens is 4. The molecule has 2 amide bonds. The minimum atomic E-state index is -4.52. The Morgan fingerprint density at radius 2 is 1.79 bits per heavy atom. The lowest BCUT2D eigenvalue weighted by molar-refractivity contribution is -0.123. The van der Waals surface area contributed by atoms with Gasteiger partial charge in [0, 0.05) is 6.20 Å². The van der Waals surface area contributed by atoms with E-state index in [2.05, 4.69) is 10.3 Å². The lowest BCUT2D eigenvalue weighted by Gasteiger charge is -2.12. The second-order valence-electron chi connectivity index (χ2n) is 4.67. The SMILES string of the molecule is O=C(Nc1ccccc1C(=O)NCC(F)(F)F)c1ccc(Cl)nc1. The highest BCUT2D eigenvalue weighted by Crippen LogP contribution is 2.18. The van der Waals surface area contributed by atoms with Crippen LogP contribution in [0, 0.1) is 0 Å². The molecule has 0 radical (unpaired) electrons. The first-order valence-corrected chi connectivity index (χ1v) is 7.01. The number of para-hydroxylation sites is 1. The Morgan fingerprint density at radius 1 is 1.08 bits per heavy atom. The molecular formula is C15H11ClF3N3O2. The van der Waals surface area contributed by atoms with Gasteiger partial charge in [-0.2, -0.15) is 13.2 Å². The molecule has 0 aliphatic rings. The van der Waals surface area contributed by atoms with Crippen molar-refractivity contribution in [2.75, 3.05) is 11.9 Å². The number of carbonyl (C=O) groups excluding carboxylic acids is 2. The van der Waals surface area contributed by atoms with E-state index in [1.807, 2.05) is 0 Å². The number of alkyl halides is 3. The van der Waals surface area contributed by atoms with Gasteiger partial charge in [0.15, 0.2) is 0 Å². The number of hydrogen-bond donors (Lipinski definition) is 2. The molecule has 1 heterocycles. The number of nitrogens with one attached hydrogen (secondary N) is 2. The zero-order chi connectivity index (χ0) is 17.7. The number of carbonyl (C=O) groups is 2. The van der Waals surface area contributed by atoms with E-state index in [-0.39, 0.29) is 22.0 Å². The van der Waals surface area contributed by atoms with Crippen LogP contribution in [0.5, 0.6) is 0 Å². The minimum Gasteiger partial charge on any atom is -0.343 e. The Kier molecular flexibility index (Phi) is 5.40. The summed E-state index contributed by atoms with van der Waals surface area (Å²) in [6, 6.07) is 8.57. The predicted molar refractivity (Wildman–Crippen MR) is 82.0 cm³/mol. The number of nitrogens with zero attached hydrogens (tertiary/aromatic N) is 1. The number of aromatic nitrogens is 1. The largest absolute Gasteiger partial charge is 0.405 e. The Labute approximate surface area is 139 Å². The number of hydrogen-bond acceptors (Lipinski definition) is 3. The average molecular weight is 358 g/mol. The maximum atomic E-state index is 12.2. The quantitative estimate of drug-likeness (QED) is 0.825. The van der Waals surface area contributed by atoms with E-state index in [0.29, 0.717) is 0 Å². The van der Waals surface area contributed by atoms with Crippen LogP contribution in [-0.4, -0.2) is 29.5 Å². The summed E-state index contributed by atoms with van der Waals surface area (Å²) in [5.74, 6) is -1.52. The van der Waals surface area contributed by atoms with Crippen molar-refractivity contribution in [1.82, 2.24) is 10.3 Å². The summed E-state index contributed by atoms with van der Waals surface area (Å²) in [4.78, 5) is 27.8. The van der Waals surface area contributed by atoms with Gasteiger partial charge in [0.25, 0.3) is 11.8 Å². The summed E-state index contributed by atoms with van der Waals surface area (Å²) in [7, 11) is 0. The minimum absolute atomic E-state index is 0.0807. The third-order valence-electron chi connectivity index (χ3n) is 2.86. The monoisotopic (exact) mass is 357 g/mol. The van der Waals surface area contributed by atoms with Gasteiger partial charge in [-0.05, 0) is 24.3 Å². The van der Waals surface area contributed by atoms with Crippen molar-refractivity contribution in [3.8, 4) is 0 Å². The molecule has 1 aromatic carbocycles. The molecule has 0 bridgehead atoms. The van der Waals surface area contributed by atoms with Crippen LogP contribution in [0.3, 0.4) is 0 Å². The highest BCUT2D eigenvalue weighted by atomic mass is 35.5. The molecule has 5 nitrogen and oxygen atoms in total.